The molecule has 1 aliphatic carbocycles. The molecule has 0 saturated heterocycles. The van der Waals surface area contributed by atoms with Crippen LogP contribution in [0.3, 0.4) is 0 Å². The third kappa shape index (κ3) is 6.06. The lowest BCUT2D eigenvalue weighted by atomic mass is 9.94. The van der Waals surface area contributed by atoms with Crippen molar-refractivity contribution in [2.24, 2.45) is 0 Å². The number of nitrogens with one attached hydrogen (secondary N) is 1. The number of amides is 2. The molecular formula is C26H34N2O3S. The van der Waals surface area contributed by atoms with Crippen molar-refractivity contribution in [3.63, 3.8) is 0 Å². The topological polar surface area (TPSA) is 58.6 Å². The second-order valence-corrected chi connectivity index (χ2v) is 9.54. The predicted octanol–water partition coefficient (Wildman–Crippen LogP) is 5.38. The van der Waals surface area contributed by atoms with E-state index in [-0.39, 0.29) is 17.9 Å². The van der Waals surface area contributed by atoms with Crippen LogP contribution >= 0.6 is 11.8 Å². The van der Waals surface area contributed by atoms with Gasteiger partial charge in [0.1, 0.15) is 5.75 Å². The Morgan fingerprint density at radius 1 is 1.16 bits per heavy atom. The maximum atomic E-state index is 13.1. The van der Waals surface area contributed by atoms with Crippen molar-refractivity contribution in [1.29, 1.82) is 0 Å². The van der Waals surface area contributed by atoms with Gasteiger partial charge in [0.25, 0.3) is 5.91 Å². The van der Waals surface area contributed by atoms with Crippen LogP contribution in [0, 0.1) is 6.92 Å². The zero-order valence-electron chi connectivity index (χ0n) is 19.5. The van der Waals surface area contributed by atoms with Gasteiger partial charge >= 0.3 is 0 Å². The van der Waals surface area contributed by atoms with Gasteiger partial charge in [0.05, 0.1) is 24.5 Å². The number of carbonyl (C=O) groups excluding carboxylic acids is 2. The quantitative estimate of drug-likeness (QED) is 0.544. The van der Waals surface area contributed by atoms with E-state index in [4.69, 9.17) is 4.74 Å². The second kappa shape index (κ2) is 11.4. The summed E-state index contributed by atoms with van der Waals surface area (Å²) in [6.07, 6.45) is 5.84. The highest BCUT2D eigenvalue weighted by Crippen LogP contribution is 2.28. The number of aryl methyl sites for hydroxylation is 1. The highest BCUT2D eigenvalue weighted by atomic mass is 32.2. The third-order valence-corrected chi connectivity index (χ3v) is 7.26. The molecular weight excluding hydrogens is 420 g/mol. The summed E-state index contributed by atoms with van der Waals surface area (Å²) >= 11 is 1.43. The molecule has 0 bridgehead atoms. The Balaban J connectivity index is 1.66. The first-order valence-electron chi connectivity index (χ1n) is 11.3. The summed E-state index contributed by atoms with van der Waals surface area (Å²) in [7, 11) is 3.55. The first-order valence-corrected chi connectivity index (χ1v) is 12.3. The van der Waals surface area contributed by atoms with Crippen LogP contribution < -0.4 is 10.1 Å². The minimum absolute atomic E-state index is 0.120. The smallest absolute Gasteiger partial charge is 0.252 e. The van der Waals surface area contributed by atoms with Crippen LogP contribution in [-0.2, 0) is 4.79 Å². The fourth-order valence-electron chi connectivity index (χ4n) is 4.24. The lowest BCUT2D eigenvalue weighted by Gasteiger charge is -2.31. The number of hydrogen-bond donors (Lipinski definition) is 1. The monoisotopic (exact) mass is 454 g/mol. The standard InChI is InChI=1S/C26H34N2O3S/c1-18-14-15-23(31-4)22(16-18)19(2)27-26(30)21-12-8-9-13-24(21)32-17-25(29)28(3)20-10-6-5-7-11-20/h8-9,12-16,19-20H,5-7,10-11,17H2,1-4H3,(H,27,30). The molecule has 1 fully saturated rings. The SMILES string of the molecule is COc1ccc(C)cc1C(C)NC(=O)c1ccccc1SCC(=O)N(C)C1CCCCC1. The van der Waals surface area contributed by atoms with E-state index in [1.165, 1.54) is 31.0 Å². The number of benzene rings is 2. The molecule has 2 aromatic carbocycles. The van der Waals surface area contributed by atoms with Crippen molar-refractivity contribution in [3.8, 4) is 5.75 Å². The molecule has 2 amide bonds. The van der Waals surface area contributed by atoms with Crippen LogP contribution in [0.4, 0.5) is 0 Å². The van der Waals surface area contributed by atoms with E-state index in [0.29, 0.717) is 17.4 Å². The molecule has 172 valence electrons. The maximum absolute atomic E-state index is 13.1. The van der Waals surface area contributed by atoms with Crippen molar-refractivity contribution in [3.05, 3.63) is 59.2 Å². The number of thioether (sulfide) groups is 1. The van der Waals surface area contributed by atoms with Gasteiger partial charge in [-0.1, -0.05) is 49.1 Å². The Morgan fingerprint density at radius 2 is 1.88 bits per heavy atom. The van der Waals surface area contributed by atoms with Crippen LogP contribution in [-0.4, -0.2) is 42.7 Å². The normalized spacial score (nSPS) is 15.1. The van der Waals surface area contributed by atoms with E-state index in [2.05, 4.69) is 5.32 Å². The van der Waals surface area contributed by atoms with Crippen LogP contribution in [0.15, 0.2) is 47.4 Å². The van der Waals surface area contributed by atoms with Gasteiger partial charge in [-0.3, -0.25) is 9.59 Å². The summed E-state index contributed by atoms with van der Waals surface area (Å²) in [5.74, 6) is 1.05. The number of carbonyl (C=O) groups is 2. The van der Waals surface area contributed by atoms with Crippen molar-refractivity contribution in [2.75, 3.05) is 19.9 Å². The van der Waals surface area contributed by atoms with E-state index in [0.717, 1.165) is 34.6 Å². The van der Waals surface area contributed by atoms with E-state index >= 15 is 0 Å². The highest BCUT2D eigenvalue weighted by Gasteiger charge is 2.23. The molecule has 1 atom stereocenters. The first-order chi connectivity index (χ1) is 15.4. The molecule has 2 aromatic rings. The molecule has 1 unspecified atom stereocenters. The summed E-state index contributed by atoms with van der Waals surface area (Å²) < 4.78 is 5.47. The molecule has 1 N–H and O–H groups in total. The molecule has 32 heavy (non-hydrogen) atoms. The minimum Gasteiger partial charge on any atom is -0.496 e. The van der Waals surface area contributed by atoms with E-state index in [1.54, 1.807) is 7.11 Å². The molecule has 6 heteroatoms. The van der Waals surface area contributed by atoms with Crippen LogP contribution in [0.1, 0.15) is 66.6 Å². The summed E-state index contributed by atoms with van der Waals surface area (Å²) in [6.45, 7) is 3.97. The summed E-state index contributed by atoms with van der Waals surface area (Å²) in [5.41, 5.74) is 2.64. The fraction of sp³-hybridized carbons (Fsp3) is 0.462. The average Bonchev–Trinajstić information content (AvgIpc) is 2.82. The Kier molecular flexibility index (Phi) is 8.62. The fourth-order valence-corrected chi connectivity index (χ4v) is 5.21. The van der Waals surface area contributed by atoms with Gasteiger partial charge in [-0.25, -0.2) is 0 Å². The van der Waals surface area contributed by atoms with Crippen LogP contribution in [0.5, 0.6) is 5.75 Å². The Morgan fingerprint density at radius 3 is 2.59 bits per heavy atom. The summed E-state index contributed by atoms with van der Waals surface area (Å²) in [6, 6.07) is 13.6. The molecule has 5 nitrogen and oxygen atoms in total. The zero-order chi connectivity index (χ0) is 23.1. The molecule has 1 aliphatic rings. The number of rotatable bonds is 8. The third-order valence-electron chi connectivity index (χ3n) is 6.20. The molecule has 0 aromatic heterocycles. The largest absolute Gasteiger partial charge is 0.496 e. The predicted molar refractivity (Wildman–Crippen MR) is 130 cm³/mol. The zero-order valence-corrected chi connectivity index (χ0v) is 20.3. The van der Waals surface area contributed by atoms with Gasteiger partial charge in [0.2, 0.25) is 5.91 Å². The van der Waals surface area contributed by atoms with E-state index < -0.39 is 0 Å². The van der Waals surface area contributed by atoms with Crippen LogP contribution in [0.25, 0.3) is 0 Å². The Labute approximate surface area is 195 Å². The van der Waals surface area contributed by atoms with Gasteiger partial charge < -0.3 is 15.0 Å². The number of ether oxygens (including phenoxy) is 1. The number of methoxy groups -OCH3 is 1. The van der Waals surface area contributed by atoms with E-state index in [1.807, 2.05) is 68.3 Å². The minimum atomic E-state index is -0.213. The Bertz CT molecular complexity index is 940. The van der Waals surface area contributed by atoms with Crippen molar-refractivity contribution >= 4 is 23.6 Å². The molecule has 3 rings (SSSR count). The summed E-state index contributed by atoms with van der Waals surface area (Å²) in [5, 5.41) is 3.09. The molecule has 0 heterocycles. The molecule has 0 spiro atoms. The molecule has 0 radical (unpaired) electrons. The molecule has 1 saturated carbocycles. The Hall–Kier alpha value is -2.47. The van der Waals surface area contributed by atoms with Gasteiger partial charge in [-0.2, -0.15) is 0 Å². The maximum Gasteiger partial charge on any atom is 0.252 e. The lowest BCUT2D eigenvalue weighted by Crippen LogP contribution is -2.39. The molecule has 0 aliphatic heterocycles. The van der Waals surface area contributed by atoms with Gasteiger partial charge in [0.15, 0.2) is 0 Å². The highest BCUT2D eigenvalue weighted by molar-refractivity contribution is 8.00. The number of hydrogen-bond acceptors (Lipinski definition) is 4. The first kappa shape index (κ1) is 24.2. The van der Waals surface area contributed by atoms with Gasteiger partial charge in [-0.05, 0) is 44.9 Å². The summed E-state index contributed by atoms with van der Waals surface area (Å²) in [4.78, 5) is 28.6. The second-order valence-electron chi connectivity index (χ2n) is 8.52. The lowest BCUT2D eigenvalue weighted by molar-refractivity contribution is -0.129. The van der Waals surface area contributed by atoms with Gasteiger partial charge in [0, 0.05) is 23.5 Å². The average molecular weight is 455 g/mol. The van der Waals surface area contributed by atoms with Gasteiger partial charge in [-0.15, -0.1) is 11.8 Å². The van der Waals surface area contributed by atoms with Crippen molar-refractivity contribution < 1.29 is 14.3 Å². The van der Waals surface area contributed by atoms with Crippen LogP contribution in [0.2, 0.25) is 0 Å². The van der Waals surface area contributed by atoms with E-state index in [9.17, 15) is 9.59 Å². The van der Waals surface area contributed by atoms with Crippen molar-refractivity contribution in [1.82, 2.24) is 10.2 Å². The van der Waals surface area contributed by atoms with Crippen molar-refractivity contribution in [2.45, 2.75) is 62.9 Å². The number of nitrogens with zero attached hydrogens (tertiary/aromatic N) is 1.